The number of alkyl halides is 1. The fourth-order valence-electron chi connectivity index (χ4n) is 7.87. The first kappa shape index (κ1) is 31.3. The standard InChI is InChI=1S/C34H42ClFN6O4/c1-20-12-26(20)29-21(13-25(43)14-27(29)35)6-9-28-37-30(39-31(38-28)45-19-34-10-5-11-41(34)16-22(36)15-34)40-17-23-7-8-24(18-40)42(23)32(44)46-33(2,3)4/h13-14,20,22-24,26,43H,5,7-8,10-12,15-19H2,1-4H3/t20-,22-,23-,24+,26-,34+/m1/s1. The number of phenols is 1. The summed E-state index contributed by atoms with van der Waals surface area (Å²) in [5.74, 6) is 7.77. The number of hydrogen-bond donors (Lipinski definition) is 1. The Morgan fingerprint density at radius 2 is 1.89 bits per heavy atom. The Kier molecular flexibility index (Phi) is 7.95. The van der Waals surface area contributed by atoms with Crippen LogP contribution in [0.2, 0.25) is 5.02 Å². The zero-order chi connectivity index (χ0) is 32.4. The number of anilines is 1. The number of halogens is 2. The van der Waals surface area contributed by atoms with E-state index >= 15 is 0 Å². The Bertz CT molecular complexity index is 1580. The molecule has 1 aliphatic carbocycles. The molecule has 1 aromatic heterocycles. The monoisotopic (exact) mass is 652 g/mol. The van der Waals surface area contributed by atoms with Gasteiger partial charge in [0.05, 0.1) is 17.6 Å². The number of ether oxygens (including phenoxy) is 2. The van der Waals surface area contributed by atoms with Gasteiger partial charge in [0, 0.05) is 36.6 Å². The topological polar surface area (TPSA) is 104 Å². The quantitative estimate of drug-likeness (QED) is 0.431. The summed E-state index contributed by atoms with van der Waals surface area (Å²) in [7, 11) is 0. The molecule has 12 heteroatoms. The molecule has 1 amide bonds. The van der Waals surface area contributed by atoms with Crippen LogP contribution in [0.5, 0.6) is 11.8 Å². The van der Waals surface area contributed by atoms with Gasteiger partial charge in [0.2, 0.25) is 11.8 Å². The first-order valence-corrected chi connectivity index (χ1v) is 16.8. The van der Waals surface area contributed by atoms with Gasteiger partial charge in [-0.05, 0) is 94.9 Å². The Morgan fingerprint density at radius 3 is 2.59 bits per heavy atom. The van der Waals surface area contributed by atoms with Crippen molar-refractivity contribution in [3.8, 4) is 23.6 Å². The number of phenolic OH excluding ortho intramolecular Hbond substituents is 1. The highest BCUT2D eigenvalue weighted by molar-refractivity contribution is 6.31. The Balaban J connectivity index is 1.19. The van der Waals surface area contributed by atoms with E-state index in [2.05, 4.69) is 33.5 Å². The van der Waals surface area contributed by atoms with Crippen molar-refractivity contribution in [3.63, 3.8) is 0 Å². The van der Waals surface area contributed by atoms with Crippen LogP contribution >= 0.6 is 11.6 Å². The Morgan fingerprint density at radius 1 is 1.15 bits per heavy atom. The van der Waals surface area contributed by atoms with Crippen LogP contribution in [0.3, 0.4) is 0 Å². The third-order valence-electron chi connectivity index (χ3n) is 10.1. The third kappa shape index (κ3) is 6.18. The van der Waals surface area contributed by atoms with Gasteiger partial charge in [-0.25, -0.2) is 9.18 Å². The average Bonchev–Trinajstić information content (AvgIpc) is 3.28. The minimum absolute atomic E-state index is 0.0345. The maximum absolute atomic E-state index is 14.5. The van der Waals surface area contributed by atoms with Crippen molar-refractivity contribution in [1.29, 1.82) is 0 Å². The van der Waals surface area contributed by atoms with Crippen LogP contribution in [0.4, 0.5) is 15.1 Å². The summed E-state index contributed by atoms with van der Waals surface area (Å²) >= 11 is 6.57. The number of aromatic nitrogens is 3. The van der Waals surface area contributed by atoms with Gasteiger partial charge in [0.15, 0.2) is 0 Å². The molecule has 4 aliphatic heterocycles. The summed E-state index contributed by atoms with van der Waals surface area (Å²) in [6.07, 6.45) is 3.91. The van der Waals surface area contributed by atoms with Gasteiger partial charge in [-0.1, -0.05) is 24.4 Å². The van der Waals surface area contributed by atoms with Crippen molar-refractivity contribution in [3.05, 3.63) is 34.1 Å². The molecule has 1 aromatic carbocycles. The summed E-state index contributed by atoms with van der Waals surface area (Å²) < 4.78 is 26.4. The zero-order valence-corrected chi connectivity index (χ0v) is 27.7. The van der Waals surface area contributed by atoms with E-state index < -0.39 is 11.8 Å². The lowest BCUT2D eigenvalue weighted by Gasteiger charge is -2.41. The van der Waals surface area contributed by atoms with E-state index in [9.17, 15) is 14.3 Å². The fraction of sp³-hybridized carbons (Fsp3) is 0.647. The predicted molar refractivity (Wildman–Crippen MR) is 171 cm³/mol. The van der Waals surface area contributed by atoms with Crippen LogP contribution in [-0.4, -0.2) is 98.1 Å². The van der Waals surface area contributed by atoms with Crippen molar-refractivity contribution >= 4 is 23.6 Å². The largest absolute Gasteiger partial charge is 0.508 e. The van der Waals surface area contributed by atoms with Gasteiger partial charge in [-0.3, -0.25) is 9.80 Å². The second kappa shape index (κ2) is 11.7. The molecule has 0 radical (unpaired) electrons. The molecule has 4 saturated heterocycles. The highest BCUT2D eigenvalue weighted by atomic mass is 35.5. The molecule has 0 unspecified atom stereocenters. The molecule has 5 aliphatic rings. The lowest BCUT2D eigenvalue weighted by atomic mass is 9.95. The molecule has 10 nitrogen and oxygen atoms in total. The maximum atomic E-state index is 14.5. The van der Waals surface area contributed by atoms with E-state index in [-0.39, 0.29) is 47.9 Å². The number of rotatable bonds is 5. The molecular formula is C34H42ClFN6O4. The molecule has 46 heavy (non-hydrogen) atoms. The lowest BCUT2D eigenvalue weighted by Crippen LogP contribution is -2.57. The van der Waals surface area contributed by atoms with Gasteiger partial charge in [-0.15, -0.1) is 0 Å². The molecule has 5 heterocycles. The molecule has 5 fully saturated rings. The predicted octanol–water partition coefficient (Wildman–Crippen LogP) is 5.30. The van der Waals surface area contributed by atoms with Crippen LogP contribution in [0.1, 0.15) is 89.1 Å². The summed E-state index contributed by atoms with van der Waals surface area (Å²) in [5, 5.41) is 10.8. The van der Waals surface area contributed by atoms with Gasteiger partial charge in [0.25, 0.3) is 0 Å². The van der Waals surface area contributed by atoms with Crippen molar-refractivity contribution in [2.75, 3.05) is 37.7 Å². The van der Waals surface area contributed by atoms with Crippen molar-refractivity contribution in [1.82, 2.24) is 24.8 Å². The number of amides is 1. The molecule has 2 aromatic rings. The van der Waals surface area contributed by atoms with E-state index in [1.54, 1.807) is 12.1 Å². The highest BCUT2D eigenvalue weighted by Gasteiger charge is 2.50. The normalized spacial score (nSPS) is 30.2. The van der Waals surface area contributed by atoms with Crippen LogP contribution in [0, 0.1) is 17.8 Å². The number of carbonyl (C=O) groups is 1. The highest BCUT2D eigenvalue weighted by Crippen LogP contribution is 2.51. The molecule has 1 saturated carbocycles. The van der Waals surface area contributed by atoms with Gasteiger partial charge in [0.1, 0.15) is 24.1 Å². The number of nitrogens with zero attached hydrogens (tertiary/aromatic N) is 6. The van der Waals surface area contributed by atoms with Crippen LogP contribution < -0.4 is 9.64 Å². The van der Waals surface area contributed by atoms with Gasteiger partial charge < -0.3 is 19.5 Å². The number of hydrogen-bond acceptors (Lipinski definition) is 9. The first-order chi connectivity index (χ1) is 21.9. The van der Waals surface area contributed by atoms with E-state index in [0.29, 0.717) is 54.4 Å². The summed E-state index contributed by atoms with van der Waals surface area (Å²) in [6.45, 7) is 10.5. The number of aromatic hydroxyl groups is 1. The SMILES string of the molecule is C[C@@H]1C[C@H]1c1c(Cl)cc(O)cc1C#Cc1nc(OC[C@@]23CCCN2C[C@H](F)C3)nc(N2C[C@H]3CC[C@@H](C2)N3C(=O)OC(C)(C)C)n1. The van der Waals surface area contributed by atoms with Crippen molar-refractivity contribution in [2.24, 2.45) is 5.92 Å². The van der Waals surface area contributed by atoms with Crippen LogP contribution in [0.15, 0.2) is 12.1 Å². The number of carbonyl (C=O) groups excluding carboxylic acids is 1. The molecular weight excluding hydrogens is 611 g/mol. The minimum Gasteiger partial charge on any atom is -0.508 e. The zero-order valence-electron chi connectivity index (χ0n) is 26.9. The maximum Gasteiger partial charge on any atom is 0.410 e. The summed E-state index contributed by atoms with van der Waals surface area (Å²) in [5.41, 5.74) is 0.648. The molecule has 2 bridgehead atoms. The average molecular weight is 653 g/mol. The van der Waals surface area contributed by atoms with Gasteiger partial charge in [-0.2, -0.15) is 15.0 Å². The summed E-state index contributed by atoms with van der Waals surface area (Å²) in [4.78, 5) is 33.3. The fourth-order valence-corrected chi connectivity index (χ4v) is 8.22. The third-order valence-corrected chi connectivity index (χ3v) is 10.4. The second-order valence-corrected chi connectivity index (χ2v) is 15.1. The van der Waals surface area contributed by atoms with E-state index in [4.69, 9.17) is 31.0 Å². The van der Waals surface area contributed by atoms with Crippen molar-refractivity contribution < 1.29 is 23.8 Å². The first-order valence-electron chi connectivity index (χ1n) is 16.5. The minimum atomic E-state index is -0.867. The Labute approximate surface area is 274 Å². The molecule has 0 spiro atoms. The second-order valence-electron chi connectivity index (χ2n) is 14.7. The number of fused-ring (bicyclic) bond motifs is 3. The Hall–Kier alpha value is -3.36. The van der Waals surface area contributed by atoms with E-state index in [0.717, 1.165) is 44.2 Å². The number of piperazine rings is 1. The van der Waals surface area contributed by atoms with Gasteiger partial charge >= 0.3 is 12.1 Å². The smallest absolute Gasteiger partial charge is 0.410 e. The molecule has 1 N–H and O–H groups in total. The molecule has 7 rings (SSSR count). The summed E-state index contributed by atoms with van der Waals surface area (Å²) in [6, 6.07) is 3.26. The number of benzene rings is 1. The van der Waals surface area contributed by atoms with E-state index in [1.165, 1.54) is 0 Å². The van der Waals surface area contributed by atoms with Crippen LogP contribution in [-0.2, 0) is 4.74 Å². The lowest BCUT2D eigenvalue weighted by molar-refractivity contribution is 0.0122. The van der Waals surface area contributed by atoms with Crippen LogP contribution in [0.25, 0.3) is 0 Å². The molecule has 6 atom stereocenters. The molecule has 246 valence electrons. The van der Waals surface area contributed by atoms with E-state index in [1.807, 2.05) is 25.7 Å². The van der Waals surface area contributed by atoms with Crippen molar-refractivity contribution in [2.45, 2.75) is 102 Å².